The van der Waals surface area contributed by atoms with Crippen molar-refractivity contribution in [2.45, 2.75) is 32.6 Å². The summed E-state index contributed by atoms with van der Waals surface area (Å²) in [5, 5.41) is 2.99. The molecule has 19 heavy (non-hydrogen) atoms. The van der Waals surface area contributed by atoms with Crippen molar-refractivity contribution in [3.63, 3.8) is 0 Å². The lowest BCUT2D eigenvalue weighted by Gasteiger charge is -2.24. The highest BCUT2D eigenvalue weighted by atomic mass is 16.1. The number of hydrogen-bond donors (Lipinski definition) is 2. The van der Waals surface area contributed by atoms with Crippen molar-refractivity contribution in [3.8, 4) is 11.8 Å². The Bertz CT molecular complexity index is 521. The van der Waals surface area contributed by atoms with Crippen LogP contribution in [0.1, 0.15) is 36.8 Å². The Morgan fingerprint density at radius 3 is 2.89 bits per heavy atom. The average Bonchev–Trinajstić information content (AvgIpc) is 2.35. The van der Waals surface area contributed by atoms with Crippen LogP contribution in [0.3, 0.4) is 0 Å². The van der Waals surface area contributed by atoms with E-state index in [9.17, 15) is 4.79 Å². The molecular formula is C16H20N2O. The zero-order valence-corrected chi connectivity index (χ0v) is 11.3. The molecule has 0 aromatic heterocycles. The van der Waals surface area contributed by atoms with Gasteiger partial charge in [-0.05, 0) is 43.4 Å². The first-order valence-corrected chi connectivity index (χ1v) is 6.78. The maximum absolute atomic E-state index is 11.9. The third kappa shape index (κ3) is 3.84. The van der Waals surface area contributed by atoms with E-state index in [0.29, 0.717) is 18.9 Å². The Kier molecular flexibility index (Phi) is 4.59. The van der Waals surface area contributed by atoms with Crippen LogP contribution in [0.15, 0.2) is 18.2 Å². The van der Waals surface area contributed by atoms with Gasteiger partial charge in [-0.3, -0.25) is 4.79 Å². The van der Waals surface area contributed by atoms with Crippen LogP contribution in [0.5, 0.6) is 0 Å². The van der Waals surface area contributed by atoms with Crippen LogP contribution < -0.4 is 11.1 Å². The monoisotopic (exact) mass is 256 g/mol. The van der Waals surface area contributed by atoms with Gasteiger partial charge in [-0.2, -0.15) is 0 Å². The van der Waals surface area contributed by atoms with Gasteiger partial charge in [0.15, 0.2) is 0 Å². The molecule has 0 bridgehead atoms. The smallest absolute Gasteiger partial charge is 0.224 e. The largest absolute Gasteiger partial charge is 0.326 e. The van der Waals surface area contributed by atoms with E-state index in [1.165, 1.54) is 19.3 Å². The quantitative estimate of drug-likeness (QED) is 0.816. The van der Waals surface area contributed by atoms with E-state index in [0.717, 1.165) is 16.8 Å². The van der Waals surface area contributed by atoms with Gasteiger partial charge in [-0.15, -0.1) is 0 Å². The first-order valence-electron chi connectivity index (χ1n) is 6.78. The molecule has 0 unspecified atom stereocenters. The summed E-state index contributed by atoms with van der Waals surface area (Å²) in [6.45, 7) is 2.33. The van der Waals surface area contributed by atoms with Gasteiger partial charge < -0.3 is 11.1 Å². The molecule has 0 saturated heterocycles. The number of benzene rings is 1. The zero-order chi connectivity index (χ0) is 13.7. The Labute approximate surface area is 114 Å². The second-order valence-electron chi connectivity index (χ2n) is 5.08. The summed E-state index contributed by atoms with van der Waals surface area (Å²) in [6.07, 6.45) is 4.28. The second-order valence-corrected chi connectivity index (χ2v) is 5.08. The fourth-order valence-electron chi connectivity index (χ4n) is 2.15. The summed E-state index contributed by atoms with van der Waals surface area (Å²) in [5.41, 5.74) is 8.15. The van der Waals surface area contributed by atoms with Gasteiger partial charge in [-0.1, -0.05) is 24.3 Å². The van der Waals surface area contributed by atoms with E-state index in [4.69, 9.17) is 5.73 Å². The lowest BCUT2D eigenvalue weighted by Crippen LogP contribution is -2.21. The molecular weight excluding hydrogens is 236 g/mol. The van der Waals surface area contributed by atoms with E-state index < -0.39 is 0 Å². The highest BCUT2D eigenvalue weighted by Crippen LogP contribution is 2.29. The van der Waals surface area contributed by atoms with Crippen LogP contribution >= 0.6 is 0 Å². The fraction of sp³-hybridized carbons (Fsp3) is 0.438. The lowest BCUT2D eigenvalue weighted by atomic mass is 9.83. The summed E-state index contributed by atoms with van der Waals surface area (Å²) in [4.78, 5) is 11.9. The molecule has 3 nitrogen and oxygen atoms in total. The van der Waals surface area contributed by atoms with E-state index in [-0.39, 0.29) is 5.91 Å². The number of anilines is 1. The van der Waals surface area contributed by atoms with Crippen molar-refractivity contribution in [3.05, 3.63) is 29.3 Å². The number of nitrogens with one attached hydrogen (secondary N) is 1. The second kappa shape index (κ2) is 6.40. The Balaban J connectivity index is 2.03. The van der Waals surface area contributed by atoms with Gasteiger partial charge in [0.05, 0.1) is 6.54 Å². The molecule has 3 heteroatoms. The summed E-state index contributed by atoms with van der Waals surface area (Å²) >= 11 is 0. The van der Waals surface area contributed by atoms with E-state index >= 15 is 0 Å². The van der Waals surface area contributed by atoms with Crippen molar-refractivity contribution in [1.29, 1.82) is 0 Å². The number of hydrogen-bond acceptors (Lipinski definition) is 2. The van der Waals surface area contributed by atoms with E-state index in [1.54, 1.807) is 0 Å². The number of rotatable bonds is 3. The van der Waals surface area contributed by atoms with Crippen LogP contribution in [0.25, 0.3) is 0 Å². The molecule has 100 valence electrons. The first kappa shape index (κ1) is 13.6. The summed E-state index contributed by atoms with van der Waals surface area (Å²) in [6, 6.07) is 5.83. The van der Waals surface area contributed by atoms with Crippen molar-refractivity contribution in [1.82, 2.24) is 0 Å². The molecule has 1 fully saturated rings. The van der Waals surface area contributed by atoms with Gasteiger partial charge in [0, 0.05) is 17.7 Å². The molecule has 1 amide bonds. The summed E-state index contributed by atoms with van der Waals surface area (Å²) in [7, 11) is 0. The van der Waals surface area contributed by atoms with Crippen LogP contribution in [-0.2, 0) is 4.79 Å². The van der Waals surface area contributed by atoms with Gasteiger partial charge in [0.2, 0.25) is 5.91 Å². The van der Waals surface area contributed by atoms with E-state index in [1.807, 2.05) is 25.1 Å². The van der Waals surface area contributed by atoms with Gasteiger partial charge in [0.1, 0.15) is 0 Å². The number of carbonyl (C=O) groups excluding carboxylic acids is 1. The van der Waals surface area contributed by atoms with Crippen molar-refractivity contribution in [2.24, 2.45) is 11.7 Å². The predicted octanol–water partition coefficient (Wildman–Crippen LogP) is 2.43. The highest BCUT2D eigenvalue weighted by Gasteiger charge is 2.20. The third-order valence-electron chi connectivity index (χ3n) is 3.55. The lowest BCUT2D eigenvalue weighted by molar-refractivity contribution is -0.117. The number of carbonyl (C=O) groups is 1. The molecule has 1 saturated carbocycles. The van der Waals surface area contributed by atoms with Crippen LogP contribution in [-0.4, -0.2) is 12.5 Å². The minimum atomic E-state index is 0.108. The minimum Gasteiger partial charge on any atom is -0.326 e. The maximum Gasteiger partial charge on any atom is 0.224 e. The molecule has 0 radical (unpaired) electrons. The Hall–Kier alpha value is -1.79. The molecule has 0 aliphatic heterocycles. The number of nitrogens with two attached hydrogens (primary N) is 1. The molecule has 2 rings (SSSR count). The average molecular weight is 256 g/mol. The van der Waals surface area contributed by atoms with Crippen molar-refractivity contribution >= 4 is 11.6 Å². The summed E-state index contributed by atoms with van der Waals surface area (Å²) < 4.78 is 0. The SMILES string of the molecule is Cc1ccc(C#CCN)cc1NC(=O)CC1CCC1. The number of amides is 1. The minimum absolute atomic E-state index is 0.108. The molecule has 1 aliphatic rings. The molecule has 0 heterocycles. The highest BCUT2D eigenvalue weighted by molar-refractivity contribution is 5.91. The number of aryl methyl sites for hydroxylation is 1. The van der Waals surface area contributed by atoms with Crippen LogP contribution in [0.2, 0.25) is 0 Å². The Morgan fingerprint density at radius 2 is 2.26 bits per heavy atom. The van der Waals surface area contributed by atoms with Gasteiger partial charge in [-0.25, -0.2) is 0 Å². The topological polar surface area (TPSA) is 55.1 Å². The normalized spacial score (nSPS) is 14.2. The van der Waals surface area contributed by atoms with Crippen LogP contribution in [0, 0.1) is 24.7 Å². The fourth-order valence-corrected chi connectivity index (χ4v) is 2.15. The summed E-state index contributed by atoms with van der Waals surface area (Å²) in [5.74, 6) is 6.49. The molecule has 1 aliphatic carbocycles. The molecule has 0 spiro atoms. The maximum atomic E-state index is 11.9. The predicted molar refractivity (Wildman–Crippen MR) is 77.7 cm³/mol. The molecule has 0 atom stereocenters. The molecule has 1 aromatic rings. The standard InChI is InChI=1S/C16H20N2O/c1-12-7-8-14(6-3-9-17)10-15(12)18-16(19)11-13-4-2-5-13/h7-8,10,13H,2,4-5,9,11,17H2,1H3,(H,18,19). The first-order chi connectivity index (χ1) is 9.19. The van der Waals surface area contributed by atoms with Gasteiger partial charge >= 0.3 is 0 Å². The van der Waals surface area contributed by atoms with Gasteiger partial charge in [0.25, 0.3) is 0 Å². The third-order valence-corrected chi connectivity index (χ3v) is 3.55. The zero-order valence-electron chi connectivity index (χ0n) is 11.3. The van der Waals surface area contributed by atoms with E-state index in [2.05, 4.69) is 17.2 Å². The van der Waals surface area contributed by atoms with Crippen LogP contribution in [0.4, 0.5) is 5.69 Å². The van der Waals surface area contributed by atoms with Crippen molar-refractivity contribution < 1.29 is 4.79 Å². The Morgan fingerprint density at radius 1 is 1.47 bits per heavy atom. The molecule has 3 N–H and O–H groups in total. The molecule has 1 aromatic carbocycles. The van der Waals surface area contributed by atoms with Crippen molar-refractivity contribution in [2.75, 3.05) is 11.9 Å².